The van der Waals surface area contributed by atoms with Crippen LogP contribution in [0.25, 0.3) is 11.4 Å². The van der Waals surface area contributed by atoms with Crippen LogP contribution >= 0.6 is 35.0 Å². The lowest BCUT2D eigenvalue weighted by Gasteiger charge is -2.07. The van der Waals surface area contributed by atoms with Crippen LogP contribution in [-0.4, -0.2) is 26.0 Å². The minimum Gasteiger partial charge on any atom is -0.369 e. The largest absolute Gasteiger partial charge is 0.369 e. The summed E-state index contributed by atoms with van der Waals surface area (Å²) in [5.74, 6) is 5.84. The summed E-state index contributed by atoms with van der Waals surface area (Å²) in [6.45, 7) is 1.66. The van der Waals surface area contributed by atoms with Gasteiger partial charge in [0.1, 0.15) is 0 Å². The van der Waals surface area contributed by atoms with E-state index in [-0.39, 0.29) is 0 Å². The molecule has 1 amide bonds. The molecule has 0 aliphatic rings. The summed E-state index contributed by atoms with van der Waals surface area (Å²) in [6, 6.07) is 4.96. The Hall–Kier alpha value is -1.44. The molecule has 0 bridgehead atoms. The van der Waals surface area contributed by atoms with Crippen LogP contribution in [-0.2, 0) is 4.79 Å². The number of nitrogens with two attached hydrogens (primary N) is 2. The summed E-state index contributed by atoms with van der Waals surface area (Å²) in [5.41, 5.74) is 5.80. The molecule has 6 nitrogen and oxygen atoms in total. The van der Waals surface area contributed by atoms with Crippen LogP contribution < -0.4 is 11.6 Å². The Labute approximate surface area is 129 Å². The van der Waals surface area contributed by atoms with Gasteiger partial charge in [-0.2, -0.15) is 0 Å². The Kier molecular flexibility index (Phi) is 4.42. The van der Waals surface area contributed by atoms with E-state index in [2.05, 4.69) is 10.2 Å². The summed E-state index contributed by atoms with van der Waals surface area (Å²) in [7, 11) is 0. The zero-order chi connectivity index (χ0) is 14.9. The van der Waals surface area contributed by atoms with E-state index in [0.717, 1.165) is 11.8 Å². The lowest BCUT2D eigenvalue weighted by molar-refractivity contribution is -0.117. The SMILES string of the molecule is C[C@@H](Sc1nnc(-c2ccc(Cl)cc2Cl)n1N)C(N)=O. The average Bonchev–Trinajstić information content (AvgIpc) is 2.71. The van der Waals surface area contributed by atoms with Crippen LogP contribution in [0.3, 0.4) is 0 Å². The molecule has 9 heteroatoms. The maximum absolute atomic E-state index is 11.1. The Bertz CT molecular complexity index is 660. The minimum atomic E-state index is -0.463. The number of halogens is 2. The molecule has 0 unspecified atom stereocenters. The molecular weight excluding hydrogens is 321 g/mol. The maximum atomic E-state index is 11.1. The highest BCUT2D eigenvalue weighted by Gasteiger charge is 2.19. The van der Waals surface area contributed by atoms with Gasteiger partial charge in [0, 0.05) is 10.6 Å². The van der Waals surface area contributed by atoms with Crippen molar-refractivity contribution < 1.29 is 4.79 Å². The Morgan fingerprint density at radius 1 is 1.40 bits per heavy atom. The fourth-order valence-electron chi connectivity index (χ4n) is 1.43. The van der Waals surface area contributed by atoms with Crippen LogP contribution in [0.4, 0.5) is 0 Å². The maximum Gasteiger partial charge on any atom is 0.230 e. The lowest BCUT2D eigenvalue weighted by atomic mass is 10.2. The third-order valence-corrected chi connectivity index (χ3v) is 4.14. The summed E-state index contributed by atoms with van der Waals surface area (Å²) < 4.78 is 1.26. The van der Waals surface area contributed by atoms with Crippen molar-refractivity contribution in [2.24, 2.45) is 5.73 Å². The van der Waals surface area contributed by atoms with E-state index in [9.17, 15) is 4.79 Å². The molecule has 1 heterocycles. The molecule has 0 spiro atoms. The highest BCUT2D eigenvalue weighted by molar-refractivity contribution is 8.00. The van der Waals surface area contributed by atoms with Crippen molar-refractivity contribution in [2.75, 3.05) is 5.84 Å². The number of amides is 1. The summed E-state index contributed by atoms with van der Waals surface area (Å²) >= 11 is 13.1. The molecule has 0 aliphatic heterocycles. The second-order valence-electron chi connectivity index (χ2n) is 3.96. The van der Waals surface area contributed by atoms with Gasteiger partial charge in [0.2, 0.25) is 11.1 Å². The van der Waals surface area contributed by atoms with Gasteiger partial charge in [-0.05, 0) is 25.1 Å². The number of carbonyl (C=O) groups is 1. The molecule has 2 aromatic rings. The first-order valence-electron chi connectivity index (χ1n) is 5.52. The van der Waals surface area contributed by atoms with Gasteiger partial charge < -0.3 is 11.6 Å². The van der Waals surface area contributed by atoms with E-state index in [4.69, 9.17) is 34.8 Å². The zero-order valence-electron chi connectivity index (χ0n) is 10.4. The Morgan fingerprint density at radius 3 is 2.70 bits per heavy atom. The van der Waals surface area contributed by atoms with Crippen molar-refractivity contribution in [1.29, 1.82) is 0 Å². The minimum absolute atomic E-state index is 0.373. The van der Waals surface area contributed by atoms with Crippen LogP contribution in [0.15, 0.2) is 23.4 Å². The van der Waals surface area contributed by atoms with E-state index in [0.29, 0.717) is 26.6 Å². The third-order valence-electron chi connectivity index (χ3n) is 2.52. The monoisotopic (exact) mass is 331 g/mol. The molecule has 0 saturated carbocycles. The summed E-state index contributed by atoms with van der Waals surface area (Å²) in [5, 5.41) is 8.74. The highest BCUT2D eigenvalue weighted by atomic mass is 35.5. The number of rotatable bonds is 4. The first-order chi connectivity index (χ1) is 9.40. The smallest absolute Gasteiger partial charge is 0.230 e. The van der Waals surface area contributed by atoms with Crippen LogP contribution in [0.5, 0.6) is 0 Å². The van der Waals surface area contributed by atoms with Crippen molar-refractivity contribution in [1.82, 2.24) is 14.9 Å². The van der Waals surface area contributed by atoms with Crippen molar-refractivity contribution in [2.45, 2.75) is 17.3 Å². The standard InChI is InChI=1S/C11H11Cl2N5OS/c1-5(9(14)19)20-11-17-16-10(18(11)15)7-3-2-6(12)4-8(7)13/h2-5H,15H2,1H3,(H2,14,19)/t5-/m1/s1. The second-order valence-corrected chi connectivity index (χ2v) is 6.11. The predicted octanol–water partition coefficient (Wildman–Crippen LogP) is 1.93. The molecule has 1 aromatic heterocycles. The van der Waals surface area contributed by atoms with Crippen molar-refractivity contribution >= 4 is 40.9 Å². The van der Waals surface area contributed by atoms with Gasteiger partial charge in [0.15, 0.2) is 5.82 Å². The second kappa shape index (κ2) is 5.90. The quantitative estimate of drug-likeness (QED) is 0.658. The van der Waals surface area contributed by atoms with Crippen molar-refractivity contribution in [3.05, 3.63) is 28.2 Å². The molecule has 0 aliphatic carbocycles. The first kappa shape index (κ1) is 15.0. The zero-order valence-corrected chi connectivity index (χ0v) is 12.7. The number of nitrogen functional groups attached to an aromatic ring is 1. The summed E-state index contributed by atoms with van der Waals surface area (Å²) in [6.07, 6.45) is 0. The van der Waals surface area contributed by atoms with Crippen LogP contribution in [0, 0.1) is 0 Å². The van der Waals surface area contributed by atoms with E-state index >= 15 is 0 Å². The molecule has 2 rings (SSSR count). The Balaban J connectivity index is 2.35. The molecule has 1 aromatic carbocycles. The number of thioether (sulfide) groups is 1. The number of aromatic nitrogens is 3. The normalized spacial score (nSPS) is 12.3. The topological polar surface area (TPSA) is 99.8 Å². The number of nitrogens with zero attached hydrogens (tertiary/aromatic N) is 3. The number of primary amides is 1. The van der Waals surface area contributed by atoms with Crippen LogP contribution in [0.1, 0.15) is 6.92 Å². The lowest BCUT2D eigenvalue weighted by Crippen LogP contribution is -2.23. The van der Waals surface area contributed by atoms with E-state index < -0.39 is 11.2 Å². The predicted molar refractivity (Wildman–Crippen MR) is 80.1 cm³/mol. The van der Waals surface area contributed by atoms with Crippen LogP contribution in [0.2, 0.25) is 10.0 Å². The van der Waals surface area contributed by atoms with E-state index in [1.807, 2.05) is 0 Å². The van der Waals surface area contributed by atoms with Gasteiger partial charge in [-0.3, -0.25) is 4.79 Å². The average molecular weight is 332 g/mol. The van der Waals surface area contributed by atoms with Gasteiger partial charge in [0.05, 0.1) is 10.3 Å². The molecule has 0 radical (unpaired) electrons. The van der Waals surface area contributed by atoms with Gasteiger partial charge in [-0.25, -0.2) is 4.68 Å². The number of hydrogen-bond acceptors (Lipinski definition) is 5. The van der Waals surface area contributed by atoms with Crippen molar-refractivity contribution in [3.8, 4) is 11.4 Å². The molecule has 20 heavy (non-hydrogen) atoms. The molecule has 106 valence electrons. The molecular formula is C11H11Cl2N5OS. The van der Waals surface area contributed by atoms with E-state index in [1.54, 1.807) is 25.1 Å². The fraction of sp³-hybridized carbons (Fsp3) is 0.182. The van der Waals surface area contributed by atoms with Gasteiger partial charge >= 0.3 is 0 Å². The molecule has 0 saturated heterocycles. The number of benzene rings is 1. The van der Waals surface area contributed by atoms with Gasteiger partial charge in [0.25, 0.3) is 0 Å². The van der Waals surface area contributed by atoms with Gasteiger partial charge in [-0.15, -0.1) is 10.2 Å². The number of hydrogen-bond donors (Lipinski definition) is 2. The number of carbonyl (C=O) groups excluding carboxylic acids is 1. The molecule has 4 N–H and O–H groups in total. The third kappa shape index (κ3) is 3.00. The molecule has 1 atom stereocenters. The Morgan fingerprint density at radius 2 is 2.10 bits per heavy atom. The highest BCUT2D eigenvalue weighted by Crippen LogP contribution is 2.30. The van der Waals surface area contributed by atoms with Crippen molar-refractivity contribution in [3.63, 3.8) is 0 Å². The first-order valence-corrected chi connectivity index (χ1v) is 7.15. The summed E-state index contributed by atoms with van der Waals surface area (Å²) in [4.78, 5) is 11.1. The fourth-order valence-corrected chi connectivity index (χ4v) is 2.64. The van der Waals surface area contributed by atoms with E-state index in [1.165, 1.54) is 4.68 Å². The van der Waals surface area contributed by atoms with Gasteiger partial charge in [-0.1, -0.05) is 35.0 Å². The molecule has 0 fully saturated rings.